The van der Waals surface area contributed by atoms with E-state index in [1.807, 2.05) is 26.0 Å². The van der Waals surface area contributed by atoms with Crippen molar-refractivity contribution >= 4 is 5.97 Å². The van der Waals surface area contributed by atoms with Crippen LogP contribution >= 0.6 is 0 Å². The number of phenolic OH excluding ortho intramolecular Hbond substituents is 1. The third-order valence-electron chi connectivity index (χ3n) is 4.02. The number of phenols is 1. The second-order valence-corrected chi connectivity index (χ2v) is 5.92. The van der Waals surface area contributed by atoms with E-state index < -0.39 is 5.97 Å². The first kappa shape index (κ1) is 14.9. The largest absolute Gasteiger partial charge is 0.507 e. The number of piperidine rings is 1. The zero-order chi connectivity index (χ0) is 14.7. The Morgan fingerprint density at radius 1 is 1.35 bits per heavy atom. The number of aliphatic carboxylic acids is 1. The summed E-state index contributed by atoms with van der Waals surface area (Å²) in [6.07, 6.45) is 2.34. The van der Waals surface area contributed by atoms with Gasteiger partial charge in [0.2, 0.25) is 0 Å². The zero-order valence-electron chi connectivity index (χ0n) is 12.2. The Morgan fingerprint density at radius 3 is 2.60 bits per heavy atom. The van der Waals surface area contributed by atoms with Crippen molar-refractivity contribution in [3.63, 3.8) is 0 Å². The van der Waals surface area contributed by atoms with Gasteiger partial charge in [-0.05, 0) is 55.8 Å². The minimum absolute atomic E-state index is 0.264. The van der Waals surface area contributed by atoms with Gasteiger partial charge < -0.3 is 10.2 Å². The summed E-state index contributed by atoms with van der Waals surface area (Å²) >= 11 is 0. The van der Waals surface area contributed by atoms with E-state index in [4.69, 9.17) is 5.11 Å². The van der Waals surface area contributed by atoms with Crippen molar-refractivity contribution in [3.8, 4) is 5.75 Å². The second-order valence-electron chi connectivity index (χ2n) is 5.92. The SMILES string of the molecule is Cc1cc(CN2CCCC(CC(=O)O)C2)cc(C)c1O. The molecule has 0 spiro atoms. The van der Waals surface area contributed by atoms with Crippen molar-refractivity contribution in [2.75, 3.05) is 13.1 Å². The number of likely N-dealkylation sites (tertiary alicyclic amines) is 1. The first-order chi connectivity index (χ1) is 9.45. The average molecular weight is 277 g/mol. The molecule has 4 heteroatoms. The van der Waals surface area contributed by atoms with Gasteiger partial charge in [-0.1, -0.05) is 12.1 Å². The van der Waals surface area contributed by atoms with Gasteiger partial charge in [-0.3, -0.25) is 9.69 Å². The van der Waals surface area contributed by atoms with E-state index >= 15 is 0 Å². The summed E-state index contributed by atoms with van der Waals surface area (Å²) in [5.41, 5.74) is 2.99. The molecule has 0 bridgehead atoms. The number of benzene rings is 1. The van der Waals surface area contributed by atoms with Crippen molar-refractivity contribution in [3.05, 3.63) is 28.8 Å². The molecule has 0 aliphatic carbocycles. The number of hydrogen-bond donors (Lipinski definition) is 2. The third-order valence-corrected chi connectivity index (χ3v) is 4.02. The quantitative estimate of drug-likeness (QED) is 0.888. The molecule has 1 unspecified atom stereocenters. The second kappa shape index (κ2) is 6.27. The van der Waals surface area contributed by atoms with Gasteiger partial charge in [-0.15, -0.1) is 0 Å². The van der Waals surface area contributed by atoms with E-state index in [9.17, 15) is 9.90 Å². The van der Waals surface area contributed by atoms with Crippen LogP contribution in [0.15, 0.2) is 12.1 Å². The van der Waals surface area contributed by atoms with Crippen molar-refractivity contribution in [1.82, 2.24) is 4.90 Å². The maximum absolute atomic E-state index is 10.8. The van der Waals surface area contributed by atoms with Crippen LogP contribution in [-0.4, -0.2) is 34.2 Å². The number of aryl methyl sites for hydroxylation is 2. The Kier molecular flexibility index (Phi) is 4.65. The number of carboxylic acids is 1. The van der Waals surface area contributed by atoms with Crippen LogP contribution in [-0.2, 0) is 11.3 Å². The van der Waals surface area contributed by atoms with Crippen LogP contribution in [0, 0.1) is 19.8 Å². The number of carbonyl (C=O) groups is 1. The van der Waals surface area contributed by atoms with Crippen LogP contribution in [0.5, 0.6) is 5.75 Å². The fraction of sp³-hybridized carbons (Fsp3) is 0.562. The number of nitrogens with zero attached hydrogens (tertiary/aromatic N) is 1. The van der Waals surface area contributed by atoms with Crippen LogP contribution < -0.4 is 0 Å². The maximum atomic E-state index is 10.8. The molecule has 1 aliphatic heterocycles. The monoisotopic (exact) mass is 277 g/mol. The Labute approximate surface area is 120 Å². The Bertz CT molecular complexity index is 475. The summed E-state index contributed by atoms with van der Waals surface area (Å²) in [4.78, 5) is 13.1. The van der Waals surface area contributed by atoms with Gasteiger partial charge in [0.05, 0.1) is 0 Å². The Hall–Kier alpha value is -1.55. The van der Waals surface area contributed by atoms with Crippen molar-refractivity contribution in [2.24, 2.45) is 5.92 Å². The van der Waals surface area contributed by atoms with Gasteiger partial charge in [0.25, 0.3) is 0 Å². The highest BCUT2D eigenvalue weighted by Gasteiger charge is 2.22. The summed E-state index contributed by atoms with van der Waals surface area (Å²) in [7, 11) is 0. The molecular weight excluding hydrogens is 254 g/mol. The first-order valence-electron chi connectivity index (χ1n) is 7.19. The molecule has 1 heterocycles. The van der Waals surface area contributed by atoms with Crippen molar-refractivity contribution < 1.29 is 15.0 Å². The molecule has 0 saturated carbocycles. The van der Waals surface area contributed by atoms with Gasteiger partial charge in [0.15, 0.2) is 0 Å². The van der Waals surface area contributed by atoms with Gasteiger partial charge in [0.1, 0.15) is 5.75 Å². The lowest BCUT2D eigenvalue weighted by molar-refractivity contribution is -0.138. The van der Waals surface area contributed by atoms with Gasteiger partial charge in [-0.2, -0.15) is 0 Å². The molecular formula is C16H23NO3. The van der Waals surface area contributed by atoms with E-state index in [2.05, 4.69) is 4.90 Å². The van der Waals surface area contributed by atoms with Crippen LogP contribution in [0.1, 0.15) is 36.0 Å². The van der Waals surface area contributed by atoms with Crippen LogP contribution in [0.2, 0.25) is 0 Å². The zero-order valence-corrected chi connectivity index (χ0v) is 12.2. The topological polar surface area (TPSA) is 60.8 Å². The number of hydrogen-bond acceptors (Lipinski definition) is 3. The highest BCUT2D eigenvalue weighted by Crippen LogP contribution is 2.25. The number of carboxylic acid groups (broad SMARTS) is 1. The van der Waals surface area contributed by atoms with E-state index in [-0.39, 0.29) is 12.3 Å². The minimum Gasteiger partial charge on any atom is -0.507 e. The van der Waals surface area contributed by atoms with E-state index in [0.29, 0.717) is 5.75 Å². The summed E-state index contributed by atoms with van der Waals surface area (Å²) in [5, 5.41) is 18.7. The van der Waals surface area contributed by atoms with E-state index in [0.717, 1.165) is 43.6 Å². The number of aromatic hydroxyl groups is 1. The fourth-order valence-corrected chi connectivity index (χ4v) is 3.10. The standard InChI is InChI=1S/C16H23NO3/c1-11-6-14(7-12(2)16(11)20)10-17-5-3-4-13(9-17)8-15(18)19/h6-7,13,20H,3-5,8-10H2,1-2H3,(H,18,19). The van der Waals surface area contributed by atoms with Crippen LogP contribution in [0.25, 0.3) is 0 Å². The lowest BCUT2D eigenvalue weighted by Crippen LogP contribution is -2.35. The highest BCUT2D eigenvalue weighted by molar-refractivity contribution is 5.67. The van der Waals surface area contributed by atoms with E-state index in [1.54, 1.807) is 0 Å². The molecule has 1 aliphatic rings. The summed E-state index contributed by atoms with van der Waals surface area (Å²) in [6, 6.07) is 4.03. The smallest absolute Gasteiger partial charge is 0.303 e. The summed E-state index contributed by atoms with van der Waals surface area (Å²) < 4.78 is 0. The predicted octanol–water partition coefficient (Wildman–Crippen LogP) is 2.70. The number of rotatable bonds is 4. The predicted molar refractivity (Wildman–Crippen MR) is 77.8 cm³/mol. The van der Waals surface area contributed by atoms with E-state index in [1.165, 1.54) is 5.56 Å². The van der Waals surface area contributed by atoms with Crippen LogP contribution in [0.3, 0.4) is 0 Å². The normalized spacial score (nSPS) is 20.0. The fourth-order valence-electron chi connectivity index (χ4n) is 3.10. The molecule has 0 amide bonds. The highest BCUT2D eigenvalue weighted by atomic mass is 16.4. The molecule has 1 saturated heterocycles. The molecule has 1 aromatic carbocycles. The maximum Gasteiger partial charge on any atom is 0.303 e. The lowest BCUT2D eigenvalue weighted by Gasteiger charge is -2.32. The molecule has 20 heavy (non-hydrogen) atoms. The molecule has 2 N–H and O–H groups in total. The summed E-state index contributed by atoms with van der Waals surface area (Å²) in [5.74, 6) is -0.0649. The van der Waals surface area contributed by atoms with Crippen molar-refractivity contribution in [1.29, 1.82) is 0 Å². The van der Waals surface area contributed by atoms with Crippen molar-refractivity contribution in [2.45, 2.75) is 39.7 Å². The Balaban J connectivity index is 2.01. The third kappa shape index (κ3) is 3.73. The molecule has 0 radical (unpaired) electrons. The average Bonchev–Trinajstić information content (AvgIpc) is 2.35. The molecule has 0 aromatic heterocycles. The van der Waals surface area contributed by atoms with Gasteiger partial charge >= 0.3 is 5.97 Å². The molecule has 4 nitrogen and oxygen atoms in total. The van der Waals surface area contributed by atoms with Crippen LogP contribution in [0.4, 0.5) is 0 Å². The summed E-state index contributed by atoms with van der Waals surface area (Å²) in [6.45, 7) is 6.53. The molecule has 110 valence electrons. The minimum atomic E-state index is -0.701. The molecule has 1 fully saturated rings. The molecule has 1 atom stereocenters. The van der Waals surface area contributed by atoms with Gasteiger partial charge in [-0.25, -0.2) is 0 Å². The first-order valence-corrected chi connectivity index (χ1v) is 7.19. The molecule has 1 aromatic rings. The van der Waals surface area contributed by atoms with Gasteiger partial charge in [0, 0.05) is 19.5 Å². The Morgan fingerprint density at radius 2 is 2.00 bits per heavy atom. The molecule has 2 rings (SSSR count). The lowest BCUT2D eigenvalue weighted by atomic mass is 9.94.